The zero-order valence-electron chi connectivity index (χ0n) is 8.81. The summed E-state index contributed by atoms with van der Waals surface area (Å²) < 4.78 is 1.66. The van der Waals surface area contributed by atoms with Crippen molar-refractivity contribution < 1.29 is 5.11 Å². The van der Waals surface area contributed by atoms with E-state index in [1.54, 1.807) is 10.9 Å². The Morgan fingerprint density at radius 1 is 1.27 bits per heavy atom. The lowest BCUT2D eigenvalue weighted by Gasteiger charge is -2.03. The van der Waals surface area contributed by atoms with Crippen molar-refractivity contribution in [2.45, 2.75) is 20.5 Å². The molecule has 0 aliphatic carbocycles. The Bertz CT molecular complexity index is 476. The fourth-order valence-electron chi connectivity index (χ4n) is 1.37. The molecule has 0 saturated carbocycles. The highest BCUT2D eigenvalue weighted by molar-refractivity contribution is 5.38. The van der Waals surface area contributed by atoms with Crippen LogP contribution in [0.15, 0.2) is 24.4 Å². The van der Waals surface area contributed by atoms with Gasteiger partial charge in [-0.3, -0.25) is 0 Å². The number of hydrogen-bond donors (Lipinski definition) is 1. The monoisotopic (exact) mass is 203 g/mol. The van der Waals surface area contributed by atoms with E-state index in [1.165, 1.54) is 11.1 Å². The van der Waals surface area contributed by atoms with E-state index in [4.69, 9.17) is 5.11 Å². The average Bonchev–Trinajstić information content (AvgIpc) is 2.70. The van der Waals surface area contributed by atoms with Gasteiger partial charge in [-0.15, -0.1) is 5.10 Å². The fraction of sp³-hybridized carbons (Fsp3) is 0.273. The molecule has 0 saturated heterocycles. The van der Waals surface area contributed by atoms with Crippen molar-refractivity contribution in [1.29, 1.82) is 0 Å². The standard InChI is InChI=1S/C11H13N3O/c1-8-3-4-11(5-9(8)2)14-6-10(7-15)12-13-14/h3-6,15H,7H2,1-2H3. The molecule has 0 aliphatic rings. The number of hydrogen-bond acceptors (Lipinski definition) is 3. The first kappa shape index (κ1) is 9.86. The van der Waals surface area contributed by atoms with Gasteiger partial charge in [0, 0.05) is 0 Å². The number of rotatable bonds is 2. The van der Waals surface area contributed by atoms with E-state index in [0.29, 0.717) is 5.69 Å². The van der Waals surface area contributed by atoms with E-state index >= 15 is 0 Å². The third kappa shape index (κ3) is 1.89. The van der Waals surface area contributed by atoms with Crippen LogP contribution in [-0.4, -0.2) is 20.1 Å². The number of aliphatic hydroxyl groups excluding tert-OH is 1. The highest BCUT2D eigenvalue weighted by atomic mass is 16.3. The molecule has 0 unspecified atom stereocenters. The first-order valence-electron chi connectivity index (χ1n) is 4.80. The van der Waals surface area contributed by atoms with E-state index in [0.717, 1.165) is 5.69 Å². The maximum Gasteiger partial charge on any atom is 0.109 e. The molecule has 1 aromatic heterocycles. The first-order valence-corrected chi connectivity index (χ1v) is 4.80. The van der Waals surface area contributed by atoms with Crippen molar-refractivity contribution in [2.75, 3.05) is 0 Å². The molecule has 78 valence electrons. The second-order valence-corrected chi connectivity index (χ2v) is 3.58. The van der Waals surface area contributed by atoms with Crippen LogP contribution in [0.2, 0.25) is 0 Å². The third-order valence-electron chi connectivity index (χ3n) is 2.46. The van der Waals surface area contributed by atoms with Gasteiger partial charge in [-0.05, 0) is 37.1 Å². The van der Waals surface area contributed by atoms with Gasteiger partial charge in [0.25, 0.3) is 0 Å². The van der Waals surface area contributed by atoms with Gasteiger partial charge >= 0.3 is 0 Å². The van der Waals surface area contributed by atoms with Gasteiger partial charge in [0.2, 0.25) is 0 Å². The fourth-order valence-corrected chi connectivity index (χ4v) is 1.37. The van der Waals surface area contributed by atoms with Crippen LogP contribution < -0.4 is 0 Å². The molecule has 2 aromatic rings. The Labute approximate surface area is 88.2 Å². The van der Waals surface area contributed by atoms with Gasteiger partial charge in [0.05, 0.1) is 18.5 Å². The number of aliphatic hydroxyl groups is 1. The summed E-state index contributed by atoms with van der Waals surface area (Å²) in [5, 5.41) is 16.6. The second kappa shape index (κ2) is 3.82. The lowest BCUT2D eigenvalue weighted by Crippen LogP contribution is -1.96. The molecule has 4 heteroatoms. The summed E-state index contributed by atoms with van der Waals surface area (Å²) in [5.41, 5.74) is 4.01. The molecule has 0 fully saturated rings. The molecular weight excluding hydrogens is 190 g/mol. The summed E-state index contributed by atoms with van der Waals surface area (Å²) in [6, 6.07) is 6.08. The topological polar surface area (TPSA) is 50.9 Å². The Morgan fingerprint density at radius 2 is 2.07 bits per heavy atom. The molecular formula is C11H13N3O. The van der Waals surface area contributed by atoms with Crippen LogP contribution in [0.3, 0.4) is 0 Å². The Balaban J connectivity index is 2.40. The molecule has 0 spiro atoms. The van der Waals surface area contributed by atoms with Gasteiger partial charge in [-0.2, -0.15) is 0 Å². The minimum atomic E-state index is -0.0785. The molecule has 0 atom stereocenters. The van der Waals surface area contributed by atoms with Crippen molar-refractivity contribution in [2.24, 2.45) is 0 Å². The van der Waals surface area contributed by atoms with Crippen LogP contribution in [0, 0.1) is 13.8 Å². The van der Waals surface area contributed by atoms with Gasteiger partial charge in [0.1, 0.15) is 5.69 Å². The van der Waals surface area contributed by atoms with Gasteiger partial charge in [-0.1, -0.05) is 11.3 Å². The van der Waals surface area contributed by atoms with Gasteiger partial charge in [-0.25, -0.2) is 4.68 Å². The molecule has 0 amide bonds. The van der Waals surface area contributed by atoms with E-state index in [9.17, 15) is 0 Å². The minimum Gasteiger partial charge on any atom is -0.390 e. The van der Waals surface area contributed by atoms with Crippen molar-refractivity contribution in [3.05, 3.63) is 41.2 Å². The predicted octanol–water partition coefficient (Wildman–Crippen LogP) is 1.38. The Morgan fingerprint density at radius 3 is 2.67 bits per heavy atom. The quantitative estimate of drug-likeness (QED) is 0.802. The van der Waals surface area contributed by atoms with Crippen molar-refractivity contribution in [3.8, 4) is 5.69 Å². The van der Waals surface area contributed by atoms with Crippen LogP contribution in [0.25, 0.3) is 5.69 Å². The van der Waals surface area contributed by atoms with Crippen LogP contribution in [0.1, 0.15) is 16.8 Å². The van der Waals surface area contributed by atoms with Crippen molar-refractivity contribution in [3.63, 3.8) is 0 Å². The van der Waals surface area contributed by atoms with Crippen LogP contribution in [0.5, 0.6) is 0 Å². The van der Waals surface area contributed by atoms with E-state index in [-0.39, 0.29) is 6.61 Å². The van der Waals surface area contributed by atoms with Crippen LogP contribution in [0.4, 0.5) is 0 Å². The van der Waals surface area contributed by atoms with E-state index < -0.39 is 0 Å². The minimum absolute atomic E-state index is 0.0785. The van der Waals surface area contributed by atoms with E-state index in [2.05, 4.69) is 24.2 Å². The SMILES string of the molecule is Cc1ccc(-n2cc(CO)nn2)cc1C. The molecule has 15 heavy (non-hydrogen) atoms. The van der Waals surface area contributed by atoms with Crippen LogP contribution >= 0.6 is 0 Å². The molecule has 0 radical (unpaired) electrons. The number of benzene rings is 1. The van der Waals surface area contributed by atoms with Crippen molar-refractivity contribution >= 4 is 0 Å². The molecule has 4 nitrogen and oxygen atoms in total. The summed E-state index contributed by atoms with van der Waals surface area (Å²) in [7, 11) is 0. The van der Waals surface area contributed by atoms with Gasteiger partial charge < -0.3 is 5.11 Å². The summed E-state index contributed by atoms with van der Waals surface area (Å²) in [6.07, 6.45) is 1.73. The highest BCUT2D eigenvalue weighted by Crippen LogP contribution is 2.13. The van der Waals surface area contributed by atoms with Crippen molar-refractivity contribution in [1.82, 2.24) is 15.0 Å². The zero-order chi connectivity index (χ0) is 10.8. The summed E-state index contributed by atoms with van der Waals surface area (Å²) in [4.78, 5) is 0. The third-order valence-corrected chi connectivity index (χ3v) is 2.46. The molecule has 1 aromatic carbocycles. The number of aromatic nitrogens is 3. The summed E-state index contributed by atoms with van der Waals surface area (Å²) >= 11 is 0. The summed E-state index contributed by atoms with van der Waals surface area (Å²) in [5.74, 6) is 0. The predicted molar refractivity (Wildman–Crippen MR) is 56.8 cm³/mol. The van der Waals surface area contributed by atoms with E-state index in [1.807, 2.05) is 18.2 Å². The largest absolute Gasteiger partial charge is 0.390 e. The maximum atomic E-state index is 8.88. The maximum absolute atomic E-state index is 8.88. The number of aryl methyl sites for hydroxylation is 2. The van der Waals surface area contributed by atoms with Gasteiger partial charge in [0.15, 0.2) is 0 Å². The number of nitrogens with zero attached hydrogens (tertiary/aromatic N) is 3. The first-order chi connectivity index (χ1) is 7.20. The normalized spacial score (nSPS) is 10.6. The highest BCUT2D eigenvalue weighted by Gasteiger charge is 2.02. The smallest absolute Gasteiger partial charge is 0.109 e. The Hall–Kier alpha value is -1.68. The molecule has 0 bridgehead atoms. The second-order valence-electron chi connectivity index (χ2n) is 3.58. The lowest BCUT2D eigenvalue weighted by molar-refractivity contribution is 0.276. The molecule has 2 rings (SSSR count). The lowest BCUT2D eigenvalue weighted by atomic mass is 10.1. The Kier molecular flexibility index (Phi) is 2.51. The van der Waals surface area contributed by atoms with Crippen LogP contribution in [-0.2, 0) is 6.61 Å². The molecule has 0 aliphatic heterocycles. The molecule has 1 heterocycles. The molecule has 1 N–H and O–H groups in total. The zero-order valence-corrected chi connectivity index (χ0v) is 8.81. The average molecular weight is 203 g/mol. The summed E-state index contributed by atoms with van der Waals surface area (Å²) in [6.45, 7) is 4.05.